The van der Waals surface area contributed by atoms with Crippen molar-refractivity contribution >= 4 is 9.84 Å². The molecular formula is C18H17FN2O3S. The molecule has 7 heteroatoms. The first-order valence-electron chi connectivity index (χ1n) is 7.72. The van der Waals surface area contributed by atoms with Gasteiger partial charge in [-0.3, -0.25) is 0 Å². The molecule has 0 fully saturated rings. The van der Waals surface area contributed by atoms with Gasteiger partial charge in [0, 0.05) is 5.56 Å². The molecule has 5 nitrogen and oxygen atoms in total. The fourth-order valence-corrected chi connectivity index (χ4v) is 3.74. The minimum Gasteiger partial charge on any atom is -0.338 e. The van der Waals surface area contributed by atoms with Crippen molar-refractivity contribution in [3.8, 4) is 11.4 Å². The molecule has 0 spiro atoms. The molecule has 0 aliphatic heterocycles. The molecule has 0 saturated carbocycles. The molecule has 3 rings (SSSR count). The molecule has 0 bridgehead atoms. The van der Waals surface area contributed by atoms with E-state index in [4.69, 9.17) is 4.52 Å². The van der Waals surface area contributed by atoms with Crippen LogP contribution in [0.3, 0.4) is 0 Å². The highest BCUT2D eigenvalue weighted by molar-refractivity contribution is 7.90. The van der Waals surface area contributed by atoms with E-state index in [0.717, 1.165) is 11.1 Å². The van der Waals surface area contributed by atoms with Crippen LogP contribution in [0, 0.1) is 12.7 Å². The lowest BCUT2D eigenvalue weighted by atomic mass is 10.1. The molecule has 0 amide bonds. The van der Waals surface area contributed by atoms with E-state index in [-0.39, 0.29) is 11.6 Å². The molecule has 1 heterocycles. The van der Waals surface area contributed by atoms with Gasteiger partial charge in [-0.25, -0.2) is 12.8 Å². The van der Waals surface area contributed by atoms with Crippen molar-refractivity contribution in [1.82, 2.24) is 10.1 Å². The number of hydrogen-bond acceptors (Lipinski definition) is 5. The molecule has 2 aromatic carbocycles. The third-order valence-corrected chi connectivity index (χ3v) is 5.95. The molecule has 1 aromatic heterocycles. The molecule has 1 unspecified atom stereocenters. The third-order valence-electron chi connectivity index (χ3n) is 3.95. The van der Waals surface area contributed by atoms with Crippen LogP contribution in [0.5, 0.6) is 0 Å². The Morgan fingerprint density at radius 2 is 1.88 bits per heavy atom. The van der Waals surface area contributed by atoms with Gasteiger partial charge < -0.3 is 4.52 Å². The van der Waals surface area contributed by atoms with Crippen LogP contribution in [0.2, 0.25) is 0 Å². The smallest absolute Gasteiger partial charge is 0.242 e. The van der Waals surface area contributed by atoms with Crippen molar-refractivity contribution in [3.63, 3.8) is 0 Å². The number of sulfone groups is 1. The molecule has 130 valence electrons. The van der Waals surface area contributed by atoms with Gasteiger partial charge in [-0.1, -0.05) is 41.1 Å². The fourth-order valence-electron chi connectivity index (χ4n) is 2.45. The van der Waals surface area contributed by atoms with Crippen LogP contribution in [0.1, 0.15) is 29.2 Å². The van der Waals surface area contributed by atoms with Crippen molar-refractivity contribution in [3.05, 3.63) is 71.4 Å². The maximum absolute atomic E-state index is 13.0. The average Bonchev–Trinajstić information content (AvgIpc) is 3.03. The normalized spacial score (nSPS) is 12.9. The highest BCUT2D eigenvalue weighted by Gasteiger charge is 2.26. The van der Waals surface area contributed by atoms with Crippen LogP contribution in [0.4, 0.5) is 4.39 Å². The van der Waals surface area contributed by atoms with Crippen LogP contribution in [-0.2, 0) is 15.6 Å². The minimum atomic E-state index is -3.57. The Morgan fingerprint density at radius 1 is 1.16 bits per heavy atom. The largest absolute Gasteiger partial charge is 0.338 e. The van der Waals surface area contributed by atoms with Crippen molar-refractivity contribution < 1.29 is 17.3 Å². The topological polar surface area (TPSA) is 73.1 Å². The van der Waals surface area contributed by atoms with Gasteiger partial charge in [-0.15, -0.1) is 0 Å². The van der Waals surface area contributed by atoms with E-state index < -0.39 is 20.9 Å². The zero-order valence-electron chi connectivity index (χ0n) is 13.8. The Bertz CT molecular complexity index is 982. The summed E-state index contributed by atoms with van der Waals surface area (Å²) in [6, 6.07) is 12.9. The number of hydrogen-bond donors (Lipinski definition) is 0. The van der Waals surface area contributed by atoms with Gasteiger partial charge in [0.05, 0.1) is 5.25 Å². The molecular weight excluding hydrogens is 343 g/mol. The summed E-state index contributed by atoms with van der Waals surface area (Å²) in [5, 5.41) is 3.05. The first kappa shape index (κ1) is 17.3. The Labute approximate surface area is 145 Å². The van der Waals surface area contributed by atoms with Gasteiger partial charge in [0.2, 0.25) is 11.7 Å². The predicted octanol–water partition coefficient (Wildman–Crippen LogP) is 3.86. The molecule has 1 atom stereocenters. The lowest BCUT2D eigenvalue weighted by molar-refractivity contribution is 0.389. The van der Waals surface area contributed by atoms with E-state index in [2.05, 4.69) is 10.1 Å². The summed E-state index contributed by atoms with van der Waals surface area (Å²) >= 11 is 0. The second-order valence-electron chi connectivity index (χ2n) is 5.88. The number of halogens is 1. The lowest BCUT2D eigenvalue weighted by Gasteiger charge is -2.11. The highest BCUT2D eigenvalue weighted by Crippen LogP contribution is 2.26. The molecule has 0 saturated heterocycles. The third kappa shape index (κ3) is 3.93. The summed E-state index contributed by atoms with van der Waals surface area (Å²) in [4.78, 5) is 4.18. The zero-order valence-corrected chi connectivity index (χ0v) is 14.6. The summed E-state index contributed by atoms with van der Waals surface area (Å²) in [7, 11) is -3.57. The highest BCUT2D eigenvalue weighted by atomic mass is 32.2. The fraction of sp³-hybridized carbons (Fsp3) is 0.222. The van der Waals surface area contributed by atoms with Gasteiger partial charge in [0.15, 0.2) is 9.84 Å². The summed E-state index contributed by atoms with van der Waals surface area (Å²) < 4.78 is 43.2. The van der Waals surface area contributed by atoms with Crippen LogP contribution < -0.4 is 0 Å². The van der Waals surface area contributed by atoms with Crippen LogP contribution >= 0.6 is 0 Å². The first-order valence-corrected chi connectivity index (χ1v) is 9.43. The lowest BCUT2D eigenvalue weighted by Crippen LogP contribution is -2.13. The number of benzene rings is 2. The van der Waals surface area contributed by atoms with Crippen LogP contribution in [-0.4, -0.2) is 18.6 Å². The van der Waals surface area contributed by atoms with Crippen molar-refractivity contribution in [1.29, 1.82) is 0 Å². The van der Waals surface area contributed by atoms with E-state index in [1.54, 1.807) is 6.92 Å². The SMILES string of the molecule is Cc1cccc(-c2noc(CS(=O)(=O)C(C)c3ccc(F)cc3)n2)c1. The minimum absolute atomic E-state index is 0.0328. The average molecular weight is 360 g/mol. The number of aromatic nitrogens is 2. The second-order valence-corrected chi connectivity index (χ2v) is 8.20. The summed E-state index contributed by atoms with van der Waals surface area (Å²) in [6.07, 6.45) is 0. The van der Waals surface area contributed by atoms with Crippen LogP contribution in [0.25, 0.3) is 11.4 Å². The van der Waals surface area contributed by atoms with Gasteiger partial charge >= 0.3 is 0 Å². The van der Waals surface area contributed by atoms with Gasteiger partial charge in [-0.2, -0.15) is 4.98 Å². The Hall–Kier alpha value is -2.54. The summed E-state index contributed by atoms with van der Waals surface area (Å²) in [5.74, 6) is -0.397. The number of rotatable bonds is 5. The van der Waals surface area contributed by atoms with E-state index >= 15 is 0 Å². The van der Waals surface area contributed by atoms with E-state index in [9.17, 15) is 12.8 Å². The molecule has 3 aromatic rings. The standard InChI is InChI=1S/C18H17FN2O3S/c1-12-4-3-5-15(10-12)18-20-17(24-21-18)11-25(22,23)13(2)14-6-8-16(19)9-7-14/h3-10,13H,11H2,1-2H3. The van der Waals surface area contributed by atoms with E-state index in [0.29, 0.717) is 11.4 Å². The molecule has 0 aliphatic rings. The van der Waals surface area contributed by atoms with Gasteiger partial charge in [-0.05, 0) is 37.6 Å². The number of aryl methyl sites for hydroxylation is 1. The Kier molecular flexibility index (Phi) is 4.67. The van der Waals surface area contributed by atoms with Crippen molar-refractivity contribution in [2.75, 3.05) is 0 Å². The molecule has 0 aliphatic carbocycles. The summed E-state index contributed by atoms with van der Waals surface area (Å²) in [5.41, 5.74) is 2.32. The second kappa shape index (κ2) is 6.76. The van der Waals surface area contributed by atoms with Gasteiger partial charge in [0.1, 0.15) is 11.6 Å². The first-order chi connectivity index (χ1) is 11.8. The van der Waals surface area contributed by atoms with E-state index in [1.165, 1.54) is 24.3 Å². The number of nitrogens with zero attached hydrogens (tertiary/aromatic N) is 2. The maximum atomic E-state index is 13.0. The molecule has 0 radical (unpaired) electrons. The van der Waals surface area contributed by atoms with Gasteiger partial charge in [0.25, 0.3) is 0 Å². The van der Waals surface area contributed by atoms with Crippen molar-refractivity contribution in [2.45, 2.75) is 24.9 Å². The summed E-state index contributed by atoms with van der Waals surface area (Å²) in [6.45, 7) is 3.50. The quantitative estimate of drug-likeness (QED) is 0.691. The Morgan fingerprint density at radius 3 is 2.56 bits per heavy atom. The Balaban J connectivity index is 1.80. The monoisotopic (exact) mass is 360 g/mol. The maximum Gasteiger partial charge on any atom is 0.242 e. The molecule has 25 heavy (non-hydrogen) atoms. The zero-order chi connectivity index (χ0) is 18.0. The van der Waals surface area contributed by atoms with E-state index in [1.807, 2.05) is 31.2 Å². The van der Waals surface area contributed by atoms with Crippen LogP contribution in [0.15, 0.2) is 53.1 Å². The van der Waals surface area contributed by atoms with Crippen molar-refractivity contribution in [2.24, 2.45) is 0 Å². The predicted molar refractivity (Wildman–Crippen MR) is 91.9 cm³/mol. The molecule has 0 N–H and O–H groups in total.